The molecule has 1 N–H and O–H groups in total. The maximum atomic E-state index is 12.6. The first-order valence-electron chi connectivity index (χ1n) is 7.93. The molecule has 2 aromatic heterocycles. The number of amides is 1. The largest absolute Gasteiger partial charge is 0.297 e. The van der Waals surface area contributed by atoms with Gasteiger partial charge >= 0.3 is 0 Å². The van der Waals surface area contributed by atoms with Crippen molar-refractivity contribution in [2.45, 2.75) is 13.3 Å². The fraction of sp³-hybridized carbons (Fsp3) is 0.111. The maximum Gasteiger partial charge on any atom is 0.270 e. The first-order chi connectivity index (χ1) is 12.5. The molecule has 0 atom stereocenters. The van der Waals surface area contributed by atoms with E-state index in [4.69, 9.17) is 0 Å². The highest BCUT2D eigenvalue weighted by Crippen LogP contribution is 2.31. The molecule has 2 heterocycles. The van der Waals surface area contributed by atoms with Crippen LogP contribution in [0.4, 0.5) is 10.8 Å². The number of non-ortho nitro benzene ring substituents is 1. The van der Waals surface area contributed by atoms with Gasteiger partial charge in [0.25, 0.3) is 11.6 Å². The number of anilines is 1. The van der Waals surface area contributed by atoms with Crippen LogP contribution in [0.2, 0.25) is 0 Å². The van der Waals surface area contributed by atoms with Crippen molar-refractivity contribution >= 4 is 59.7 Å². The summed E-state index contributed by atoms with van der Waals surface area (Å²) >= 11 is 2.74. The van der Waals surface area contributed by atoms with Crippen LogP contribution in [0.15, 0.2) is 42.5 Å². The van der Waals surface area contributed by atoms with Gasteiger partial charge in [0.2, 0.25) is 0 Å². The SMILES string of the molecule is CCc1cccc2sc(NC(=O)c3cc4cc([N+](=O)[O-])ccc4s3)nc12. The quantitative estimate of drug-likeness (QED) is 0.386. The van der Waals surface area contributed by atoms with Gasteiger partial charge in [0.1, 0.15) is 0 Å². The molecule has 0 bridgehead atoms. The number of fused-ring (bicyclic) bond motifs is 2. The summed E-state index contributed by atoms with van der Waals surface area (Å²) in [5.41, 5.74) is 2.08. The van der Waals surface area contributed by atoms with E-state index >= 15 is 0 Å². The van der Waals surface area contributed by atoms with Crippen molar-refractivity contribution in [2.24, 2.45) is 0 Å². The average Bonchev–Trinajstić information content (AvgIpc) is 3.23. The Morgan fingerprint density at radius 3 is 2.81 bits per heavy atom. The number of aromatic nitrogens is 1. The fourth-order valence-corrected chi connectivity index (χ4v) is 4.61. The number of aryl methyl sites for hydroxylation is 1. The smallest absolute Gasteiger partial charge is 0.270 e. The van der Waals surface area contributed by atoms with Gasteiger partial charge in [0.05, 0.1) is 20.0 Å². The second-order valence-electron chi connectivity index (χ2n) is 5.68. The zero-order valence-corrected chi connectivity index (χ0v) is 15.3. The minimum absolute atomic E-state index is 0.0144. The number of hydrogen-bond donors (Lipinski definition) is 1. The number of carbonyl (C=O) groups is 1. The number of nitro groups is 1. The van der Waals surface area contributed by atoms with Crippen LogP contribution in [0.25, 0.3) is 20.3 Å². The standard InChI is InChI=1S/C18H13N3O3S2/c1-2-10-4-3-5-14-16(10)19-18(26-14)20-17(22)15-9-11-8-12(21(23)24)6-7-13(11)25-15/h3-9H,2H2,1H3,(H,19,20,22). The van der Waals surface area contributed by atoms with Gasteiger partial charge in [-0.2, -0.15) is 0 Å². The lowest BCUT2D eigenvalue weighted by Crippen LogP contribution is -2.09. The van der Waals surface area contributed by atoms with E-state index in [2.05, 4.69) is 17.2 Å². The highest BCUT2D eigenvalue weighted by atomic mass is 32.1. The Kier molecular flexibility index (Phi) is 4.14. The van der Waals surface area contributed by atoms with Gasteiger partial charge < -0.3 is 0 Å². The molecular weight excluding hydrogens is 370 g/mol. The number of nitro benzene ring substituents is 1. The van der Waals surface area contributed by atoms with E-state index in [-0.39, 0.29) is 11.6 Å². The van der Waals surface area contributed by atoms with Crippen molar-refractivity contribution in [3.63, 3.8) is 0 Å². The normalized spacial score (nSPS) is 11.1. The zero-order valence-electron chi connectivity index (χ0n) is 13.7. The minimum Gasteiger partial charge on any atom is -0.297 e. The predicted molar refractivity (Wildman–Crippen MR) is 105 cm³/mol. The Morgan fingerprint density at radius 1 is 1.19 bits per heavy atom. The molecule has 1 amide bonds. The molecule has 8 heteroatoms. The molecule has 0 unspecified atom stereocenters. The zero-order chi connectivity index (χ0) is 18.3. The lowest BCUT2D eigenvalue weighted by atomic mass is 10.1. The van der Waals surface area contributed by atoms with Gasteiger partial charge in [-0.1, -0.05) is 30.4 Å². The van der Waals surface area contributed by atoms with Crippen LogP contribution in [0, 0.1) is 10.1 Å². The molecular formula is C18H13N3O3S2. The summed E-state index contributed by atoms with van der Waals surface area (Å²) in [4.78, 5) is 28.0. The molecule has 0 aliphatic rings. The summed E-state index contributed by atoms with van der Waals surface area (Å²) in [5, 5.41) is 15.0. The van der Waals surface area contributed by atoms with Gasteiger partial charge in [-0.3, -0.25) is 20.2 Å². The second kappa shape index (κ2) is 6.47. The number of nitrogens with one attached hydrogen (secondary N) is 1. The molecule has 0 radical (unpaired) electrons. The summed E-state index contributed by atoms with van der Waals surface area (Å²) in [6.07, 6.45) is 0.879. The molecule has 0 fully saturated rings. The molecule has 0 aliphatic heterocycles. The molecule has 26 heavy (non-hydrogen) atoms. The van der Waals surface area contributed by atoms with E-state index in [1.165, 1.54) is 34.8 Å². The number of thiophene rings is 1. The van der Waals surface area contributed by atoms with E-state index < -0.39 is 4.92 Å². The number of nitrogens with zero attached hydrogens (tertiary/aromatic N) is 2. The Bertz CT molecular complexity index is 1160. The monoisotopic (exact) mass is 383 g/mol. The van der Waals surface area contributed by atoms with Crippen molar-refractivity contribution < 1.29 is 9.72 Å². The Morgan fingerprint density at radius 2 is 2.04 bits per heavy atom. The number of carbonyl (C=O) groups excluding carboxylic acids is 1. The number of thiazole rings is 1. The molecule has 2 aromatic carbocycles. The maximum absolute atomic E-state index is 12.6. The first kappa shape index (κ1) is 16.6. The van der Waals surface area contributed by atoms with Crippen LogP contribution in [-0.4, -0.2) is 15.8 Å². The van der Waals surface area contributed by atoms with Crippen molar-refractivity contribution in [3.8, 4) is 0 Å². The number of rotatable bonds is 4. The third-order valence-corrected chi connectivity index (χ3v) is 6.09. The van der Waals surface area contributed by atoms with Gasteiger partial charge in [0, 0.05) is 22.2 Å². The van der Waals surface area contributed by atoms with Crippen LogP contribution < -0.4 is 5.32 Å². The summed E-state index contributed by atoms with van der Waals surface area (Å²) in [5.74, 6) is -0.258. The summed E-state index contributed by atoms with van der Waals surface area (Å²) in [6.45, 7) is 2.07. The van der Waals surface area contributed by atoms with Gasteiger partial charge in [0.15, 0.2) is 5.13 Å². The number of para-hydroxylation sites is 1. The molecule has 0 saturated carbocycles. The number of benzene rings is 2. The van der Waals surface area contributed by atoms with Gasteiger partial charge in [-0.15, -0.1) is 11.3 Å². The molecule has 6 nitrogen and oxygen atoms in total. The highest BCUT2D eigenvalue weighted by Gasteiger charge is 2.15. The molecule has 0 spiro atoms. The Labute approximate surface area is 156 Å². The van der Waals surface area contributed by atoms with Gasteiger partial charge in [-0.25, -0.2) is 4.98 Å². The van der Waals surface area contributed by atoms with Crippen molar-refractivity contribution in [1.82, 2.24) is 4.98 Å². The second-order valence-corrected chi connectivity index (χ2v) is 7.79. The predicted octanol–water partition coefficient (Wildman–Crippen LogP) is 5.23. The third-order valence-electron chi connectivity index (χ3n) is 4.04. The Balaban J connectivity index is 1.64. The van der Waals surface area contributed by atoms with Gasteiger partial charge in [-0.05, 0) is 30.2 Å². The van der Waals surface area contributed by atoms with E-state index in [9.17, 15) is 14.9 Å². The highest BCUT2D eigenvalue weighted by molar-refractivity contribution is 7.23. The summed E-state index contributed by atoms with van der Waals surface area (Å²) in [7, 11) is 0. The molecule has 0 saturated heterocycles. The lowest BCUT2D eigenvalue weighted by Gasteiger charge is -1.97. The first-order valence-corrected chi connectivity index (χ1v) is 9.56. The van der Waals surface area contributed by atoms with Crippen molar-refractivity contribution in [2.75, 3.05) is 5.32 Å². The van der Waals surface area contributed by atoms with E-state index in [0.29, 0.717) is 15.4 Å². The van der Waals surface area contributed by atoms with Crippen molar-refractivity contribution in [1.29, 1.82) is 0 Å². The topological polar surface area (TPSA) is 85.1 Å². The average molecular weight is 383 g/mol. The van der Waals surface area contributed by atoms with Crippen LogP contribution in [-0.2, 0) is 6.42 Å². The Hall–Kier alpha value is -2.84. The molecule has 0 aliphatic carbocycles. The summed E-state index contributed by atoms with van der Waals surface area (Å²) in [6, 6.07) is 12.3. The van der Waals surface area contributed by atoms with E-state index in [1.54, 1.807) is 12.1 Å². The fourth-order valence-electron chi connectivity index (χ4n) is 2.76. The van der Waals surface area contributed by atoms with Crippen LogP contribution >= 0.6 is 22.7 Å². The molecule has 130 valence electrons. The number of hydrogen-bond acceptors (Lipinski definition) is 6. The van der Waals surface area contributed by atoms with Crippen LogP contribution in [0.5, 0.6) is 0 Å². The molecule has 4 aromatic rings. The summed E-state index contributed by atoms with van der Waals surface area (Å²) < 4.78 is 1.87. The van der Waals surface area contributed by atoms with Crippen LogP contribution in [0.3, 0.4) is 0 Å². The third kappa shape index (κ3) is 2.93. The minimum atomic E-state index is -0.441. The van der Waals surface area contributed by atoms with E-state index in [0.717, 1.165) is 26.9 Å². The van der Waals surface area contributed by atoms with E-state index in [1.807, 2.05) is 18.2 Å². The lowest BCUT2D eigenvalue weighted by molar-refractivity contribution is -0.384. The van der Waals surface area contributed by atoms with Crippen molar-refractivity contribution in [3.05, 3.63) is 63.0 Å². The van der Waals surface area contributed by atoms with Crippen LogP contribution in [0.1, 0.15) is 22.2 Å². The molecule has 4 rings (SSSR count).